The molecule has 2 N–H and O–H groups in total. The summed E-state index contributed by atoms with van der Waals surface area (Å²) in [6.45, 7) is 0. The Morgan fingerprint density at radius 3 is 2.89 bits per heavy atom. The van der Waals surface area contributed by atoms with Gasteiger partial charge in [0.15, 0.2) is 15.5 Å². The first-order chi connectivity index (χ1) is 9.05. The number of fused-ring (bicyclic) bond motifs is 1. The zero-order chi connectivity index (χ0) is 13.5. The van der Waals surface area contributed by atoms with Crippen LogP contribution >= 0.6 is 0 Å². The van der Waals surface area contributed by atoms with Crippen molar-refractivity contribution in [2.24, 2.45) is 0 Å². The third-order valence-electron chi connectivity index (χ3n) is 3.52. The highest BCUT2D eigenvalue weighted by molar-refractivity contribution is 7.94. The van der Waals surface area contributed by atoms with E-state index in [4.69, 9.17) is 0 Å². The molecule has 6 nitrogen and oxygen atoms in total. The Balaban J connectivity index is 1.75. The van der Waals surface area contributed by atoms with Crippen LogP contribution in [-0.2, 0) is 22.7 Å². The van der Waals surface area contributed by atoms with Crippen LogP contribution in [-0.4, -0.2) is 36.3 Å². The van der Waals surface area contributed by atoms with E-state index in [2.05, 4.69) is 15.5 Å². The number of nitrogens with one attached hydrogen (secondary N) is 2. The van der Waals surface area contributed by atoms with Gasteiger partial charge in [-0.1, -0.05) is 0 Å². The lowest BCUT2D eigenvalue weighted by molar-refractivity contribution is 0.0941. The van der Waals surface area contributed by atoms with Crippen molar-refractivity contribution in [1.82, 2.24) is 15.5 Å². The van der Waals surface area contributed by atoms with Crippen molar-refractivity contribution in [3.8, 4) is 0 Å². The number of aromatic amines is 1. The zero-order valence-electron chi connectivity index (χ0n) is 10.3. The summed E-state index contributed by atoms with van der Waals surface area (Å²) in [7, 11) is -3.15. The van der Waals surface area contributed by atoms with E-state index >= 15 is 0 Å². The standard InChI is InChI=1S/C12H15N3O3S/c16-12(13-8-5-6-19(17,18)7-8)11-9-3-1-2-4-10(9)14-15-11/h5-6,8H,1-4,7H2,(H,13,16)(H,14,15)/t8-/m0/s1. The topological polar surface area (TPSA) is 91.9 Å². The minimum Gasteiger partial charge on any atom is -0.343 e. The van der Waals surface area contributed by atoms with Crippen LogP contribution in [0.3, 0.4) is 0 Å². The predicted molar refractivity (Wildman–Crippen MR) is 69.4 cm³/mol. The first-order valence-corrected chi connectivity index (χ1v) is 8.05. The van der Waals surface area contributed by atoms with Gasteiger partial charge in [0.1, 0.15) is 0 Å². The predicted octanol–water partition coefficient (Wildman–Crippen LogP) is 0.329. The van der Waals surface area contributed by atoms with E-state index in [0.717, 1.165) is 42.3 Å². The van der Waals surface area contributed by atoms with Crippen molar-refractivity contribution >= 4 is 15.7 Å². The third kappa shape index (κ3) is 2.42. The average Bonchev–Trinajstić information content (AvgIpc) is 2.92. The van der Waals surface area contributed by atoms with E-state index in [1.807, 2.05) is 0 Å². The number of aryl methyl sites for hydroxylation is 1. The maximum atomic E-state index is 12.1. The zero-order valence-corrected chi connectivity index (χ0v) is 11.2. The van der Waals surface area contributed by atoms with Crippen LogP contribution in [0.4, 0.5) is 0 Å². The molecule has 1 amide bonds. The number of aromatic nitrogens is 2. The van der Waals surface area contributed by atoms with Crippen LogP contribution in [0.2, 0.25) is 0 Å². The lowest BCUT2D eigenvalue weighted by Crippen LogP contribution is -2.36. The average molecular weight is 281 g/mol. The van der Waals surface area contributed by atoms with Gasteiger partial charge in [-0.2, -0.15) is 5.10 Å². The molecular weight excluding hydrogens is 266 g/mol. The highest BCUT2D eigenvalue weighted by Crippen LogP contribution is 2.22. The van der Waals surface area contributed by atoms with Gasteiger partial charge in [-0.15, -0.1) is 0 Å². The van der Waals surface area contributed by atoms with Crippen LogP contribution in [0.25, 0.3) is 0 Å². The molecule has 0 radical (unpaired) electrons. The molecule has 102 valence electrons. The molecule has 0 fully saturated rings. The van der Waals surface area contributed by atoms with Crippen molar-refractivity contribution in [1.29, 1.82) is 0 Å². The Morgan fingerprint density at radius 1 is 1.37 bits per heavy atom. The summed E-state index contributed by atoms with van der Waals surface area (Å²) in [5, 5.41) is 10.8. The lowest BCUT2D eigenvalue weighted by atomic mass is 9.96. The Kier molecular flexibility index (Phi) is 2.93. The Hall–Kier alpha value is -1.63. The van der Waals surface area contributed by atoms with Gasteiger partial charge < -0.3 is 5.32 Å². The van der Waals surface area contributed by atoms with Crippen molar-refractivity contribution in [2.45, 2.75) is 31.7 Å². The summed E-state index contributed by atoms with van der Waals surface area (Å²) in [6, 6.07) is -0.451. The summed E-state index contributed by atoms with van der Waals surface area (Å²) in [4.78, 5) is 12.1. The van der Waals surface area contributed by atoms with Crippen LogP contribution in [0, 0.1) is 0 Å². The second kappa shape index (κ2) is 4.48. The van der Waals surface area contributed by atoms with Gasteiger partial charge in [0.2, 0.25) is 0 Å². The maximum Gasteiger partial charge on any atom is 0.272 e. The molecule has 2 aliphatic rings. The smallest absolute Gasteiger partial charge is 0.272 e. The van der Waals surface area contributed by atoms with E-state index in [1.54, 1.807) is 0 Å². The largest absolute Gasteiger partial charge is 0.343 e. The molecule has 2 heterocycles. The van der Waals surface area contributed by atoms with E-state index in [0.29, 0.717) is 5.69 Å². The summed E-state index contributed by atoms with van der Waals surface area (Å²) in [5.74, 6) is -0.364. The van der Waals surface area contributed by atoms with Gasteiger partial charge in [-0.25, -0.2) is 8.42 Å². The van der Waals surface area contributed by atoms with Gasteiger partial charge >= 0.3 is 0 Å². The first-order valence-electron chi connectivity index (χ1n) is 6.33. The summed E-state index contributed by atoms with van der Waals surface area (Å²) in [6.07, 6.45) is 5.46. The summed E-state index contributed by atoms with van der Waals surface area (Å²) in [5.41, 5.74) is 2.42. The first kappa shape index (κ1) is 12.4. The fourth-order valence-corrected chi connectivity index (χ4v) is 3.81. The van der Waals surface area contributed by atoms with Crippen LogP contribution in [0.15, 0.2) is 11.5 Å². The SMILES string of the molecule is O=C(N[C@H]1C=CS(=O)(=O)C1)c1n[nH]c2c1CCCC2. The molecule has 1 aliphatic carbocycles. The Labute approximate surface area is 111 Å². The second-order valence-electron chi connectivity index (χ2n) is 4.97. The van der Waals surface area contributed by atoms with E-state index in [9.17, 15) is 13.2 Å². The van der Waals surface area contributed by atoms with Crippen molar-refractivity contribution in [3.63, 3.8) is 0 Å². The van der Waals surface area contributed by atoms with Crippen molar-refractivity contribution in [2.75, 3.05) is 5.75 Å². The molecular formula is C12H15N3O3S. The monoisotopic (exact) mass is 281 g/mol. The molecule has 7 heteroatoms. The number of hydrogen-bond acceptors (Lipinski definition) is 4. The number of amides is 1. The third-order valence-corrected chi connectivity index (χ3v) is 4.91. The van der Waals surface area contributed by atoms with Crippen molar-refractivity contribution in [3.05, 3.63) is 28.4 Å². The molecule has 0 saturated carbocycles. The number of rotatable bonds is 2. The van der Waals surface area contributed by atoms with E-state index in [-0.39, 0.29) is 11.7 Å². The molecule has 1 aliphatic heterocycles. The number of hydrogen-bond donors (Lipinski definition) is 2. The Bertz CT molecular complexity index is 645. The van der Waals surface area contributed by atoms with E-state index in [1.165, 1.54) is 6.08 Å². The molecule has 19 heavy (non-hydrogen) atoms. The molecule has 0 bridgehead atoms. The van der Waals surface area contributed by atoms with Crippen LogP contribution < -0.4 is 5.32 Å². The number of carbonyl (C=O) groups excluding carboxylic acids is 1. The number of sulfone groups is 1. The van der Waals surface area contributed by atoms with Gasteiger partial charge in [-0.3, -0.25) is 9.89 Å². The minimum atomic E-state index is -3.15. The molecule has 0 spiro atoms. The molecule has 0 saturated heterocycles. The van der Waals surface area contributed by atoms with Gasteiger partial charge in [-0.05, 0) is 31.8 Å². The number of nitrogens with zero attached hydrogens (tertiary/aromatic N) is 1. The second-order valence-corrected chi connectivity index (χ2v) is 6.91. The minimum absolute atomic E-state index is 0.0641. The molecule has 1 aromatic rings. The van der Waals surface area contributed by atoms with Crippen molar-refractivity contribution < 1.29 is 13.2 Å². The highest BCUT2D eigenvalue weighted by atomic mass is 32.2. The molecule has 1 aromatic heterocycles. The normalized spacial score (nSPS) is 24.1. The number of carbonyl (C=O) groups is 1. The number of H-pyrrole nitrogens is 1. The molecule has 3 rings (SSSR count). The fraction of sp³-hybridized carbons (Fsp3) is 0.500. The molecule has 0 unspecified atom stereocenters. The lowest BCUT2D eigenvalue weighted by Gasteiger charge is -2.12. The van der Waals surface area contributed by atoms with E-state index < -0.39 is 15.9 Å². The van der Waals surface area contributed by atoms with Crippen LogP contribution in [0.1, 0.15) is 34.6 Å². The van der Waals surface area contributed by atoms with Gasteiger partial charge in [0, 0.05) is 16.7 Å². The summed E-state index contributed by atoms with van der Waals surface area (Å²) < 4.78 is 22.6. The Morgan fingerprint density at radius 2 is 2.16 bits per heavy atom. The molecule has 0 aromatic carbocycles. The quantitative estimate of drug-likeness (QED) is 0.817. The van der Waals surface area contributed by atoms with Crippen LogP contribution in [0.5, 0.6) is 0 Å². The summed E-state index contributed by atoms with van der Waals surface area (Å²) >= 11 is 0. The highest BCUT2D eigenvalue weighted by Gasteiger charge is 2.26. The maximum absolute atomic E-state index is 12.1. The molecule has 1 atom stereocenters. The van der Waals surface area contributed by atoms with Gasteiger partial charge in [0.05, 0.1) is 11.8 Å². The van der Waals surface area contributed by atoms with Gasteiger partial charge in [0.25, 0.3) is 5.91 Å². The fourth-order valence-electron chi connectivity index (χ4n) is 2.57.